The number of nitrogens with zero attached hydrogens (tertiary/aromatic N) is 4. The molecule has 0 bridgehead atoms. The van der Waals surface area contributed by atoms with Crippen LogP contribution in [0.2, 0.25) is 0 Å². The second-order valence-electron chi connectivity index (χ2n) is 4.58. The maximum absolute atomic E-state index is 9.57. The Morgan fingerprint density at radius 1 is 1.63 bits per heavy atom. The van der Waals surface area contributed by atoms with Crippen LogP contribution in [0.5, 0.6) is 0 Å². The van der Waals surface area contributed by atoms with Crippen LogP contribution < -0.4 is 5.32 Å². The molecule has 1 aromatic heterocycles. The number of hydrogen-bond acceptors (Lipinski definition) is 3. The predicted molar refractivity (Wildman–Crippen MR) is 85.6 cm³/mol. The second kappa shape index (κ2) is 7.68. The van der Waals surface area contributed by atoms with Gasteiger partial charge < -0.3 is 15.3 Å². The van der Waals surface area contributed by atoms with E-state index in [1.165, 1.54) is 0 Å². The summed E-state index contributed by atoms with van der Waals surface area (Å²) in [5.41, 5.74) is 1.09. The fourth-order valence-corrected chi connectivity index (χ4v) is 2.08. The monoisotopic (exact) mass is 379 g/mol. The normalized spacial score (nSPS) is 19.4. The first-order chi connectivity index (χ1) is 8.69. The molecular weight excluding hydrogens is 357 g/mol. The van der Waals surface area contributed by atoms with E-state index in [2.05, 4.69) is 20.3 Å². The van der Waals surface area contributed by atoms with Crippen LogP contribution in [0.4, 0.5) is 0 Å². The largest absolute Gasteiger partial charge is 0.391 e. The van der Waals surface area contributed by atoms with Gasteiger partial charge in [0.25, 0.3) is 0 Å². The van der Waals surface area contributed by atoms with Gasteiger partial charge in [0.2, 0.25) is 0 Å². The second-order valence-corrected chi connectivity index (χ2v) is 4.58. The van der Waals surface area contributed by atoms with Crippen LogP contribution in [0.15, 0.2) is 17.4 Å². The van der Waals surface area contributed by atoms with Crippen LogP contribution in [0.1, 0.15) is 18.9 Å². The lowest BCUT2D eigenvalue weighted by molar-refractivity contribution is 0.188. The summed E-state index contributed by atoms with van der Waals surface area (Å²) in [6.07, 6.45) is 4.38. The van der Waals surface area contributed by atoms with E-state index in [1.807, 2.05) is 26.4 Å². The number of aliphatic imine (C=N–C) groups is 1. The maximum Gasteiger partial charge on any atom is 0.194 e. The molecule has 1 aliphatic rings. The van der Waals surface area contributed by atoms with Crippen molar-refractivity contribution in [2.75, 3.05) is 19.6 Å². The Hall–Kier alpha value is -0.830. The molecule has 0 spiro atoms. The molecule has 1 atom stereocenters. The van der Waals surface area contributed by atoms with Crippen LogP contribution in [-0.4, -0.2) is 51.5 Å². The van der Waals surface area contributed by atoms with Crippen molar-refractivity contribution in [2.24, 2.45) is 12.0 Å². The first-order valence-corrected chi connectivity index (χ1v) is 6.38. The molecule has 0 radical (unpaired) electrons. The highest BCUT2D eigenvalue weighted by Crippen LogP contribution is 2.09. The van der Waals surface area contributed by atoms with E-state index in [-0.39, 0.29) is 30.1 Å². The lowest BCUT2D eigenvalue weighted by atomic mass is 10.3. The summed E-state index contributed by atoms with van der Waals surface area (Å²) >= 11 is 0. The molecule has 0 unspecified atom stereocenters. The molecule has 1 aliphatic heterocycles. The van der Waals surface area contributed by atoms with Gasteiger partial charge in [-0.1, -0.05) is 0 Å². The average molecular weight is 379 g/mol. The van der Waals surface area contributed by atoms with Crippen molar-refractivity contribution in [2.45, 2.75) is 26.0 Å². The molecule has 0 aliphatic carbocycles. The van der Waals surface area contributed by atoms with Crippen molar-refractivity contribution >= 4 is 29.9 Å². The smallest absolute Gasteiger partial charge is 0.194 e. The van der Waals surface area contributed by atoms with E-state index in [1.54, 1.807) is 4.68 Å². The van der Waals surface area contributed by atoms with Crippen molar-refractivity contribution in [1.29, 1.82) is 0 Å². The van der Waals surface area contributed by atoms with Gasteiger partial charge in [-0.3, -0.25) is 4.68 Å². The molecule has 1 fully saturated rings. The molecular formula is C12H22IN5O. The summed E-state index contributed by atoms with van der Waals surface area (Å²) in [4.78, 5) is 6.68. The Balaban J connectivity index is 0.00000180. The summed E-state index contributed by atoms with van der Waals surface area (Å²) < 4.78 is 1.78. The van der Waals surface area contributed by atoms with Gasteiger partial charge in [0.1, 0.15) is 0 Å². The highest BCUT2D eigenvalue weighted by atomic mass is 127. The fraction of sp³-hybridized carbons (Fsp3) is 0.667. The Morgan fingerprint density at radius 3 is 2.95 bits per heavy atom. The Morgan fingerprint density at radius 2 is 2.42 bits per heavy atom. The zero-order valence-corrected chi connectivity index (χ0v) is 13.7. The number of aromatic nitrogens is 2. The Bertz CT molecular complexity index is 420. The molecule has 108 valence electrons. The van der Waals surface area contributed by atoms with E-state index in [0.717, 1.165) is 31.0 Å². The van der Waals surface area contributed by atoms with Crippen molar-refractivity contribution in [1.82, 2.24) is 20.0 Å². The SMILES string of the molecule is CCNC(=NCc1cnn(C)c1)N1CC[C@@H](O)C1.I. The number of nitrogens with one attached hydrogen (secondary N) is 1. The molecule has 1 aromatic rings. The van der Waals surface area contributed by atoms with Crippen molar-refractivity contribution in [3.8, 4) is 0 Å². The fourth-order valence-electron chi connectivity index (χ4n) is 2.08. The van der Waals surface area contributed by atoms with E-state index in [4.69, 9.17) is 0 Å². The van der Waals surface area contributed by atoms with Gasteiger partial charge in [0.05, 0.1) is 18.8 Å². The summed E-state index contributed by atoms with van der Waals surface area (Å²) in [7, 11) is 1.90. The van der Waals surface area contributed by atoms with Gasteiger partial charge in [0, 0.05) is 38.4 Å². The van der Waals surface area contributed by atoms with E-state index in [0.29, 0.717) is 13.1 Å². The summed E-state index contributed by atoms with van der Waals surface area (Å²) in [6.45, 7) is 5.02. The van der Waals surface area contributed by atoms with E-state index < -0.39 is 0 Å². The average Bonchev–Trinajstić information content (AvgIpc) is 2.94. The predicted octanol–water partition coefficient (Wildman–Crippen LogP) is 0.570. The Labute approximate surface area is 130 Å². The number of guanidine groups is 1. The lowest BCUT2D eigenvalue weighted by Gasteiger charge is -2.20. The standard InChI is InChI=1S/C12H21N5O.HI/c1-3-13-12(17-5-4-11(18)9-17)14-6-10-7-15-16(2)8-10;/h7-8,11,18H,3-6,9H2,1-2H3,(H,13,14);1H/t11-;/m1./s1. The van der Waals surface area contributed by atoms with Gasteiger partial charge >= 0.3 is 0 Å². The molecule has 6 nitrogen and oxygen atoms in total. The molecule has 1 saturated heterocycles. The van der Waals surface area contributed by atoms with Crippen LogP contribution in [0.25, 0.3) is 0 Å². The van der Waals surface area contributed by atoms with Gasteiger partial charge in [-0.25, -0.2) is 4.99 Å². The van der Waals surface area contributed by atoms with Crippen molar-refractivity contribution in [3.05, 3.63) is 18.0 Å². The number of aliphatic hydroxyl groups excluding tert-OH is 1. The van der Waals surface area contributed by atoms with Crippen LogP contribution in [0, 0.1) is 0 Å². The van der Waals surface area contributed by atoms with Crippen LogP contribution in [-0.2, 0) is 13.6 Å². The highest BCUT2D eigenvalue weighted by molar-refractivity contribution is 14.0. The zero-order chi connectivity index (χ0) is 13.0. The number of halogens is 1. The first-order valence-electron chi connectivity index (χ1n) is 6.38. The number of aryl methyl sites for hydroxylation is 1. The molecule has 2 rings (SSSR count). The third-order valence-electron chi connectivity index (χ3n) is 2.97. The molecule has 7 heteroatoms. The number of likely N-dealkylation sites (tertiary alicyclic amines) is 1. The van der Waals surface area contributed by atoms with Crippen LogP contribution in [0.3, 0.4) is 0 Å². The molecule has 0 saturated carbocycles. The summed E-state index contributed by atoms with van der Waals surface area (Å²) in [6, 6.07) is 0. The highest BCUT2D eigenvalue weighted by Gasteiger charge is 2.22. The molecule has 19 heavy (non-hydrogen) atoms. The number of rotatable bonds is 3. The minimum absolute atomic E-state index is 0. The van der Waals surface area contributed by atoms with Gasteiger partial charge in [-0.2, -0.15) is 5.10 Å². The summed E-state index contributed by atoms with van der Waals surface area (Å²) in [5.74, 6) is 0.873. The van der Waals surface area contributed by atoms with Gasteiger partial charge in [-0.05, 0) is 13.3 Å². The summed E-state index contributed by atoms with van der Waals surface area (Å²) in [5, 5.41) is 17.0. The third kappa shape index (κ3) is 4.64. The minimum atomic E-state index is -0.229. The molecule has 2 heterocycles. The van der Waals surface area contributed by atoms with E-state index >= 15 is 0 Å². The van der Waals surface area contributed by atoms with Crippen molar-refractivity contribution in [3.63, 3.8) is 0 Å². The van der Waals surface area contributed by atoms with E-state index in [9.17, 15) is 5.11 Å². The van der Waals surface area contributed by atoms with Gasteiger partial charge in [-0.15, -0.1) is 24.0 Å². The first kappa shape index (κ1) is 16.2. The number of aliphatic hydroxyl groups is 1. The Kier molecular flexibility index (Phi) is 6.56. The van der Waals surface area contributed by atoms with Gasteiger partial charge in [0.15, 0.2) is 5.96 Å². The molecule has 2 N–H and O–H groups in total. The minimum Gasteiger partial charge on any atom is -0.391 e. The maximum atomic E-state index is 9.57. The topological polar surface area (TPSA) is 65.7 Å². The molecule has 0 amide bonds. The number of hydrogen-bond donors (Lipinski definition) is 2. The molecule has 0 aromatic carbocycles. The third-order valence-corrected chi connectivity index (χ3v) is 2.97. The number of β-amino-alcohol motifs (C(OH)–C–C–N with tert-alkyl or cyclic N) is 1. The van der Waals surface area contributed by atoms with Crippen LogP contribution >= 0.6 is 24.0 Å². The lowest BCUT2D eigenvalue weighted by Crippen LogP contribution is -2.40. The van der Waals surface area contributed by atoms with Crippen molar-refractivity contribution < 1.29 is 5.11 Å². The quantitative estimate of drug-likeness (QED) is 0.458. The zero-order valence-electron chi connectivity index (χ0n) is 11.4.